The van der Waals surface area contributed by atoms with Gasteiger partial charge in [-0.05, 0) is 56.6 Å². The molecule has 0 bridgehead atoms. The number of anilines is 1. The number of nitrogens with zero attached hydrogens (tertiary/aromatic N) is 2. The largest absolute Gasteiger partial charge is 0.324 e. The molecule has 0 aliphatic carbocycles. The first kappa shape index (κ1) is 22.1. The number of halogens is 2. The number of hydrogen-bond donors (Lipinski definition) is 1. The topological polar surface area (TPSA) is 35.6 Å². The molecule has 1 saturated heterocycles. The molecular formula is C23H29Cl2N3O. The molecule has 0 unspecified atom stereocenters. The first-order valence-corrected chi connectivity index (χ1v) is 11.0. The Hall–Kier alpha value is -1.59. The number of hydrogen-bond acceptors (Lipinski definition) is 3. The number of piperidine rings is 1. The van der Waals surface area contributed by atoms with Gasteiger partial charge in [-0.2, -0.15) is 0 Å². The first-order valence-electron chi connectivity index (χ1n) is 10.2. The highest BCUT2D eigenvalue weighted by Gasteiger charge is 2.21. The lowest BCUT2D eigenvalue weighted by molar-refractivity contribution is -0.116. The molecule has 1 fully saturated rings. The maximum Gasteiger partial charge on any atom is 0.225 e. The molecule has 2 aromatic rings. The molecule has 4 nitrogen and oxygen atoms in total. The third-order valence-electron chi connectivity index (χ3n) is 5.45. The molecule has 0 radical (unpaired) electrons. The Balaban J connectivity index is 1.36. The lowest BCUT2D eigenvalue weighted by Gasteiger charge is -2.33. The lowest BCUT2D eigenvalue weighted by Crippen LogP contribution is -2.39. The SMILES string of the molecule is CN(Cc1ccccc1)CC1CCN(CCC(=O)Nc2c(Cl)cccc2Cl)CC1. The van der Waals surface area contributed by atoms with E-state index in [1.165, 1.54) is 18.4 Å². The molecule has 6 heteroatoms. The van der Waals surface area contributed by atoms with Gasteiger partial charge in [0.25, 0.3) is 0 Å². The minimum Gasteiger partial charge on any atom is -0.324 e. The van der Waals surface area contributed by atoms with Gasteiger partial charge in [0, 0.05) is 26.1 Å². The molecule has 29 heavy (non-hydrogen) atoms. The summed E-state index contributed by atoms with van der Waals surface area (Å²) in [7, 11) is 2.20. The molecule has 1 N–H and O–H groups in total. The van der Waals surface area contributed by atoms with E-state index in [9.17, 15) is 4.79 Å². The number of nitrogens with one attached hydrogen (secondary N) is 1. The fourth-order valence-electron chi connectivity index (χ4n) is 3.87. The standard InChI is InChI=1S/C23H29Cl2N3O/c1-27(16-18-6-3-2-4-7-18)17-19-10-13-28(14-11-19)15-12-22(29)26-23-20(24)8-5-9-21(23)25/h2-9,19H,10-17H2,1H3,(H,26,29). The summed E-state index contributed by atoms with van der Waals surface area (Å²) in [6, 6.07) is 15.8. The fourth-order valence-corrected chi connectivity index (χ4v) is 4.36. The molecule has 2 aromatic carbocycles. The number of benzene rings is 2. The van der Waals surface area contributed by atoms with E-state index in [4.69, 9.17) is 23.2 Å². The van der Waals surface area contributed by atoms with Crippen molar-refractivity contribution >= 4 is 34.8 Å². The molecule has 0 aromatic heterocycles. The van der Waals surface area contributed by atoms with Gasteiger partial charge in [-0.1, -0.05) is 59.6 Å². The number of para-hydroxylation sites is 1. The van der Waals surface area contributed by atoms with E-state index < -0.39 is 0 Å². The highest BCUT2D eigenvalue weighted by atomic mass is 35.5. The molecule has 1 heterocycles. The summed E-state index contributed by atoms with van der Waals surface area (Å²) in [5.74, 6) is 0.667. The van der Waals surface area contributed by atoms with Gasteiger partial charge < -0.3 is 15.1 Å². The monoisotopic (exact) mass is 433 g/mol. The summed E-state index contributed by atoms with van der Waals surface area (Å²) in [6.45, 7) is 4.97. The van der Waals surface area contributed by atoms with Crippen molar-refractivity contribution in [3.05, 3.63) is 64.1 Å². The maximum absolute atomic E-state index is 12.3. The second-order valence-electron chi connectivity index (χ2n) is 7.86. The van der Waals surface area contributed by atoms with Gasteiger partial charge in [-0.3, -0.25) is 4.79 Å². The van der Waals surface area contributed by atoms with Gasteiger partial charge in [0.05, 0.1) is 15.7 Å². The van der Waals surface area contributed by atoms with Crippen LogP contribution in [0.15, 0.2) is 48.5 Å². The van der Waals surface area contributed by atoms with Gasteiger partial charge in [0.1, 0.15) is 0 Å². The van der Waals surface area contributed by atoms with E-state index >= 15 is 0 Å². The van der Waals surface area contributed by atoms with Crippen LogP contribution in [0.3, 0.4) is 0 Å². The zero-order valence-electron chi connectivity index (χ0n) is 16.9. The second-order valence-corrected chi connectivity index (χ2v) is 8.68. The normalized spacial score (nSPS) is 15.6. The highest BCUT2D eigenvalue weighted by Crippen LogP contribution is 2.29. The Morgan fingerprint density at radius 2 is 1.72 bits per heavy atom. The second kappa shape index (κ2) is 11.0. The predicted octanol–water partition coefficient (Wildman–Crippen LogP) is 5.17. The van der Waals surface area contributed by atoms with Crippen molar-refractivity contribution < 1.29 is 4.79 Å². The Morgan fingerprint density at radius 1 is 1.07 bits per heavy atom. The molecule has 0 atom stereocenters. The number of carbonyl (C=O) groups is 1. The average molecular weight is 434 g/mol. The van der Waals surface area contributed by atoms with Crippen LogP contribution in [0.25, 0.3) is 0 Å². The van der Waals surface area contributed by atoms with Gasteiger partial charge in [0.2, 0.25) is 5.91 Å². The number of amides is 1. The summed E-state index contributed by atoms with van der Waals surface area (Å²) in [6.07, 6.45) is 2.80. The van der Waals surface area contributed by atoms with E-state index in [1.54, 1.807) is 18.2 Å². The minimum atomic E-state index is -0.0512. The smallest absolute Gasteiger partial charge is 0.225 e. The molecule has 1 amide bonds. The van der Waals surface area contributed by atoms with Crippen molar-refractivity contribution in [2.45, 2.75) is 25.8 Å². The Morgan fingerprint density at radius 3 is 2.38 bits per heavy atom. The van der Waals surface area contributed by atoms with Gasteiger partial charge in [0.15, 0.2) is 0 Å². The van der Waals surface area contributed by atoms with Gasteiger partial charge in [-0.15, -0.1) is 0 Å². The van der Waals surface area contributed by atoms with Crippen molar-refractivity contribution in [2.75, 3.05) is 38.5 Å². The molecular weight excluding hydrogens is 405 g/mol. The first-order chi connectivity index (χ1) is 14.0. The van der Waals surface area contributed by atoms with Crippen LogP contribution in [0.1, 0.15) is 24.8 Å². The minimum absolute atomic E-state index is 0.0512. The molecule has 0 saturated carbocycles. The van der Waals surface area contributed by atoms with Crippen LogP contribution in [-0.2, 0) is 11.3 Å². The lowest BCUT2D eigenvalue weighted by atomic mass is 9.96. The zero-order valence-corrected chi connectivity index (χ0v) is 18.4. The average Bonchev–Trinajstić information content (AvgIpc) is 2.71. The molecule has 1 aliphatic rings. The Labute approximate surface area is 183 Å². The van der Waals surface area contributed by atoms with Crippen molar-refractivity contribution in [2.24, 2.45) is 5.92 Å². The zero-order chi connectivity index (χ0) is 20.6. The van der Waals surface area contributed by atoms with Crippen molar-refractivity contribution in [3.8, 4) is 0 Å². The number of likely N-dealkylation sites (tertiary alicyclic amines) is 1. The molecule has 1 aliphatic heterocycles. The van der Waals surface area contributed by atoms with E-state index in [1.807, 2.05) is 0 Å². The van der Waals surface area contributed by atoms with Gasteiger partial charge in [-0.25, -0.2) is 0 Å². The summed E-state index contributed by atoms with van der Waals surface area (Å²) in [5.41, 5.74) is 1.86. The maximum atomic E-state index is 12.3. The summed E-state index contributed by atoms with van der Waals surface area (Å²) < 4.78 is 0. The van der Waals surface area contributed by atoms with Crippen molar-refractivity contribution in [1.29, 1.82) is 0 Å². The quantitative estimate of drug-likeness (QED) is 0.623. The highest BCUT2D eigenvalue weighted by molar-refractivity contribution is 6.39. The van der Waals surface area contributed by atoms with E-state index in [0.29, 0.717) is 22.2 Å². The third kappa shape index (κ3) is 7.00. The Kier molecular flexibility index (Phi) is 8.37. The van der Waals surface area contributed by atoms with Crippen LogP contribution >= 0.6 is 23.2 Å². The van der Waals surface area contributed by atoms with Gasteiger partial charge >= 0.3 is 0 Å². The number of carbonyl (C=O) groups excluding carboxylic acids is 1. The third-order valence-corrected chi connectivity index (χ3v) is 6.08. The van der Waals surface area contributed by atoms with Crippen LogP contribution in [0.2, 0.25) is 10.0 Å². The van der Waals surface area contributed by atoms with Crippen LogP contribution in [0.4, 0.5) is 5.69 Å². The number of rotatable bonds is 8. The van der Waals surface area contributed by atoms with Crippen LogP contribution < -0.4 is 5.32 Å². The Bertz CT molecular complexity index is 772. The predicted molar refractivity (Wildman–Crippen MR) is 122 cm³/mol. The van der Waals surface area contributed by atoms with Crippen LogP contribution in [0, 0.1) is 5.92 Å². The summed E-state index contributed by atoms with van der Waals surface area (Å²) in [5, 5.41) is 3.77. The molecule has 0 spiro atoms. The van der Waals surface area contributed by atoms with Crippen molar-refractivity contribution in [1.82, 2.24) is 9.80 Å². The van der Waals surface area contributed by atoms with Crippen molar-refractivity contribution in [3.63, 3.8) is 0 Å². The van der Waals surface area contributed by atoms with Crippen LogP contribution in [-0.4, -0.2) is 48.9 Å². The molecule has 156 valence electrons. The van der Waals surface area contributed by atoms with E-state index in [2.05, 4.69) is 52.5 Å². The van der Waals surface area contributed by atoms with E-state index in [0.717, 1.165) is 38.6 Å². The van der Waals surface area contributed by atoms with E-state index in [-0.39, 0.29) is 5.91 Å². The van der Waals surface area contributed by atoms with Crippen LogP contribution in [0.5, 0.6) is 0 Å². The molecule has 3 rings (SSSR count). The summed E-state index contributed by atoms with van der Waals surface area (Å²) >= 11 is 12.2. The fraction of sp³-hybridized carbons (Fsp3) is 0.435. The summed E-state index contributed by atoms with van der Waals surface area (Å²) in [4.78, 5) is 17.1.